The van der Waals surface area contributed by atoms with Gasteiger partial charge in [-0.3, -0.25) is 9.59 Å². The fourth-order valence-electron chi connectivity index (χ4n) is 3.17. The summed E-state index contributed by atoms with van der Waals surface area (Å²) in [6.45, 7) is 2.44. The largest absolute Gasteiger partial charge is 0.482 e. The second-order valence-corrected chi connectivity index (χ2v) is 7.28. The van der Waals surface area contributed by atoms with Crippen molar-refractivity contribution >= 4 is 34.8 Å². The number of halogens is 1. The Morgan fingerprint density at radius 1 is 1.10 bits per heavy atom. The van der Waals surface area contributed by atoms with E-state index >= 15 is 0 Å². The summed E-state index contributed by atoms with van der Waals surface area (Å²) in [5, 5.41) is 3.22. The molecule has 0 aromatic heterocycles. The Morgan fingerprint density at radius 3 is 2.62 bits per heavy atom. The van der Waals surface area contributed by atoms with Crippen molar-refractivity contribution in [2.75, 3.05) is 16.8 Å². The second-order valence-electron chi connectivity index (χ2n) is 6.87. The molecule has 4 rings (SSSR count). The number of benzene rings is 3. The minimum Gasteiger partial charge on any atom is -0.482 e. The summed E-state index contributed by atoms with van der Waals surface area (Å²) in [6, 6.07) is 20.1. The van der Waals surface area contributed by atoms with Gasteiger partial charge in [0.05, 0.1) is 22.8 Å². The van der Waals surface area contributed by atoms with E-state index in [0.29, 0.717) is 34.3 Å². The van der Waals surface area contributed by atoms with Crippen LogP contribution in [-0.2, 0) is 11.3 Å². The van der Waals surface area contributed by atoms with Crippen LogP contribution in [0.25, 0.3) is 0 Å². The van der Waals surface area contributed by atoms with Gasteiger partial charge in [0.25, 0.3) is 11.8 Å². The molecule has 0 saturated heterocycles. The second kappa shape index (κ2) is 7.97. The standard InChI is InChI=1S/C23H19ClN2O3/c1-15-6-8-16(9-7-15)13-26-20-12-17(10-11-21(20)29-14-22(26)27)25-23(28)18-4-2-3-5-19(18)24/h2-12H,13-14H2,1H3,(H,25,28). The summed E-state index contributed by atoms with van der Waals surface area (Å²) < 4.78 is 5.56. The molecule has 1 N–H and O–H groups in total. The maximum atomic E-state index is 12.6. The smallest absolute Gasteiger partial charge is 0.265 e. The molecule has 5 nitrogen and oxygen atoms in total. The van der Waals surface area contributed by atoms with Gasteiger partial charge in [0, 0.05) is 5.69 Å². The predicted molar refractivity (Wildman–Crippen MR) is 114 cm³/mol. The van der Waals surface area contributed by atoms with Crippen LogP contribution in [0.1, 0.15) is 21.5 Å². The Hall–Kier alpha value is -3.31. The number of anilines is 2. The molecule has 29 heavy (non-hydrogen) atoms. The molecule has 0 radical (unpaired) electrons. The Bertz CT molecular complexity index is 1080. The van der Waals surface area contributed by atoms with E-state index in [0.717, 1.165) is 11.1 Å². The molecular weight excluding hydrogens is 388 g/mol. The number of hydrogen-bond donors (Lipinski definition) is 1. The highest BCUT2D eigenvalue weighted by Gasteiger charge is 2.26. The third-order valence-electron chi connectivity index (χ3n) is 4.74. The van der Waals surface area contributed by atoms with Crippen LogP contribution in [-0.4, -0.2) is 18.4 Å². The Labute approximate surface area is 173 Å². The van der Waals surface area contributed by atoms with E-state index in [4.69, 9.17) is 16.3 Å². The molecule has 6 heteroatoms. The molecule has 1 aliphatic heterocycles. The Kier molecular flexibility index (Phi) is 5.23. The summed E-state index contributed by atoms with van der Waals surface area (Å²) in [6.07, 6.45) is 0. The minimum atomic E-state index is -0.316. The van der Waals surface area contributed by atoms with Crippen molar-refractivity contribution in [3.8, 4) is 5.75 Å². The lowest BCUT2D eigenvalue weighted by atomic mass is 10.1. The summed E-state index contributed by atoms with van der Waals surface area (Å²) in [7, 11) is 0. The van der Waals surface area contributed by atoms with Crippen LogP contribution >= 0.6 is 11.6 Å². The molecule has 0 fully saturated rings. The van der Waals surface area contributed by atoms with Crippen molar-refractivity contribution in [2.24, 2.45) is 0 Å². The highest BCUT2D eigenvalue weighted by atomic mass is 35.5. The SMILES string of the molecule is Cc1ccc(CN2C(=O)COc3ccc(NC(=O)c4ccccc4Cl)cc32)cc1. The van der Waals surface area contributed by atoms with E-state index in [1.54, 1.807) is 47.4 Å². The topological polar surface area (TPSA) is 58.6 Å². The van der Waals surface area contributed by atoms with Crippen molar-refractivity contribution in [2.45, 2.75) is 13.5 Å². The number of fused-ring (bicyclic) bond motifs is 1. The van der Waals surface area contributed by atoms with E-state index in [1.807, 2.05) is 31.2 Å². The van der Waals surface area contributed by atoms with Crippen molar-refractivity contribution in [1.82, 2.24) is 0 Å². The minimum absolute atomic E-state index is 0.00973. The van der Waals surface area contributed by atoms with Crippen LogP contribution in [0.5, 0.6) is 5.75 Å². The number of ether oxygens (including phenoxy) is 1. The number of carbonyl (C=O) groups excluding carboxylic acids is 2. The molecule has 3 aromatic carbocycles. The number of rotatable bonds is 4. The van der Waals surface area contributed by atoms with E-state index in [9.17, 15) is 9.59 Å². The lowest BCUT2D eigenvalue weighted by Gasteiger charge is -2.30. The number of aryl methyl sites for hydroxylation is 1. The summed E-state index contributed by atoms with van der Waals surface area (Å²) in [5.74, 6) is 0.156. The highest BCUT2D eigenvalue weighted by Crippen LogP contribution is 2.35. The molecule has 146 valence electrons. The van der Waals surface area contributed by atoms with E-state index < -0.39 is 0 Å². The Balaban J connectivity index is 1.61. The lowest BCUT2D eigenvalue weighted by molar-refractivity contribution is -0.121. The predicted octanol–water partition coefficient (Wildman–Crippen LogP) is 4.83. The first-order valence-corrected chi connectivity index (χ1v) is 9.58. The highest BCUT2D eigenvalue weighted by molar-refractivity contribution is 6.34. The number of carbonyl (C=O) groups is 2. The first kappa shape index (κ1) is 19.0. The first-order valence-electron chi connectivity index (χ1n) is 9.20. The monoisotopic (exact) mass is 406 g/mol. The molecule has 1 aliphatic rings. The summed E-state index contributed by atoms with van der Waals surface area (Å²) in [5.41, 5.74) is 3.74. The summed E-state index contributed by atoms with van der Waals surface area (Å²) >= 11 is 6.11. The van der Waals surface area contributed by atoms with E-state index in [1.165, 1.54) is 0 Å². The number of nitrogens with one attached hydrogen (secondary N) is 1. The zero-order chi connectivity index (χ0) is 20.4. The molecule has 0 bridgehead atoms. The number of hydrogen-bond acceptors (Lipinski definition) is 3. The van der Waals surface area contributed by atoms with Gasteiger partial charge in [0.2, 0.25) is 0 Å². The summed E-state index contributed by atoms with van der Waals surface area (Å²) in [4.78, 5) is 26.8. The Morgan fingerprint density at radius 2 is 1.86 bits per heavy atom. The molecule has 0 atom stereocenters. The molecule has 0 saturated carbocycles. The van der Waals surface area contributed by atoms with Gasteiger partial charge in [0.1, 0.15) is 5.75 Å². The van der Waals surface area contributed by atoms with Crippen molar-refractivity contribution in [3.05, 3.63) is 88.4 Å². The van der Waals surface area contributed by atoms with Crippen LogP contribution in [0, 0.1) is 6.92 Å². The third kappa shape index (κ3) is 4.10. The molecule has 3 aromatic rings. The van der Waals surface area contributed by atoms with Crippen molar-refractivity contribution < 1.29 is 14.3 Å². The lowest BCUT2D eigenvalue weighted by Crippen LogP contribution is -2.38. The van der Waals surface area contributed by atoms with Crippen LogP contribution in [0.15, 0.2) is 66.7 Å². The van der Waals surface area contributed by atoms with E-state index in [-0.39, 0.29) is 18.4 Å². The normalized spacial score (nSPS) is 12.9. The van der Waals surface area contributed by atoms with Gasteiger partial charge in [-0.05, 0) is 42.8 Å². The van der Waals surface area contributed by atoms with Crippen molar-refractivity contribution in [1.29, 1.82) is 0 Å². The van der Waals surface area contributed by atoms with Gasteiger partial charge in [-0.2, -0.15) is 0 Å². The van der Waals surface area contributed by atoms with Crippen molar-refractivity contribution in [3.63, 3.8) is 0 Å². The maximum Gasteiger partial charge on any atom is 0.265 e. The van der Waals surface area contributed by atoms with Crippen LogP contribution in [0.3, 0.4) is 0 Å². The van der Waals surface area contributed by atoms with Crippen LogP contribution in [0.4, 0.5) is 11.4 Å². The average Bonchev–Trinajstić information content (AvgIpc) is 2.72. The molecule has 2 amide bonds. The van der Waals surface area contributed by atoms with Gasteiger partial charge >= 0.3 is 0 Å². The van der Waals surface area contributed by atoms with Gasteiger partial charge in [-0.25, -0.2) is 0 Å². The molecule has 0 unspecified atom stereocenters. The third-order valence-corrected chi connectivity index (χ3v) is 5.07. The fourth-order valence-corrected chi connectivity index (χ4v) is 3.39. The quantitative estimate of drug-likeness (QED) is 0.675. The zero-order valence-electron chi connectivity index (χ0n) is 15.8. The van der Waals surface area contributed by atoms with Gasteiger partial charge in [-0.15, -0.1) is 0 Å². The van der Waals surface area contributed by atoms with Gasteiger partial charge < -0.3 is 15.0 Å². The molecule has 1 heterocycles. The molecule has 0 aliphatic carbocycles. The van der Waals surface area contributed by atoms with E-state index in [2.05, 4.69) is 5.32 Å². The average molecular weight is 407 g/mol. The van der Waals surface area contributed by atoms with Crippen LogP contribution in [0.2, 0.25) is 5.02 Å². The number of amides is 2. The first-order chi connectivity index (χ1) is 14.0. The van der Waals surface area contributed by atoms with Crippen LogP contribution < -0.4 is 15.0 Å². The molecule has 0 spiro atoms. The van der Waals surface area contributed by atoms with Gasteiger partial charge in [-0.1, -0.05) is 53.6 Å². The molecular formula is C23H19ClN2O3. The number of nitrogens with zero attached hydrogens (tertiary/aromatic N) is 1. The van der Waals surface area contributed by atoms with Gasteiger partial charge in [0.15, 0.2) is 6.61 Å². The maximum absolute atomic E-state index is 12.6. The zero-order valence-corrected chi connectivity index (χ0v) is 16.6. The fraction of sp³-hybridized carbons (Fsp3) is 0.130.